The normalized spacial score (nSPS) is 14.1. The van der Waals surface area contributed by atoms with Crippen molar-refractivity contribution in [3.63, 3.8) is 0 Å². The lowest BCUT2D eigenvalue weighted by Gasteiger charge is -2.24. The molecule has 0 saturated heterocycles. The Labute approximate surface area is 103 Å². The molecule has 1 heterocycles. The van der Waals surface area contributed by atoms with E-state index in [0.29, 0.717) is 6.04 Å². The Morgan fingerprint density at radius 3 is 2.56 bits per heavy atom. The summed E-state index contributed by atoms with van der Waals surface area (Å²) < 4.78 is 5.85. The third-order valence-electron chi connectivity index (χ3n) is 2.29. The predicted octanol–water partition coefficient (Wildman–Crippen LogP) is 3.52. The maximum absolute atomic E-state index is 5.85. The summed E-state index contributed by atoms with van der Waals surface area (Å²) >= 11 is 1.80. The molecule has 0 aliphatic heterocycles. The molecule has 1 aromatic rings. The quantitative estimate of drug-likeness (QED) is 0.851. The van der Waals surface area contributed by atoms with Crippen molar-refractivity contribution >= 4 is 11.3 Å². The zero-order valence-corrected chi connectivity index (χ0v) is 11.8. The fourth-order valence-corrected chi connectivity index (χ4v) is 2.26. The number of rotatable bonds is 5. The van der Waals surface area contributed by atoms with Crippen molar-refractivity contribution in [2.24, 2.45) is 0 Å². The highest BCUT2D eigenvalue weighted by atomic mass is 32.1. The molecule has 2 nitrogen and oxygen atoms in total. The van der Waals surface area contributed by atoms with E-state index in [1.807, 2.05) is 0 Å². The molecule has 1 atom stereocenters. The van der Waals surface area contributed by atoms with E-state index in [9.17, 15) is 0 Å². The van der Waals surface area contributed by atoms with Gasteiger partial charge in [-0.15, -0.1) is 11.3 Å². The molecular formula is C13H23NOS. The average Bonchev–Trinajstić information content (AvgIpc) is 2.57. The molecule has 0 aliphatic rings. The largest absolute Gasteiger partial charge is 0.374 e. The van der Waals surface area contributed by atoms with E-state index in [1.54, 1.807) is 11.3 Å². The van der Waals surface area contributed by atoms with Gasteiger partial charge in [0.1, 0.15) is 0 Å². The molecule has 16 heavy (non-hydrogen) atoms. The highest BCUT2D eigenvalue weighted by molar-refractivity contribution is 7.10. The summed E-state index contributed by atoms with van der Waals surface area (Å²) in [5.74, 6) is 0. The van der Waals surface area contributed by atoms with Crippen molar-refractivity contribution < 1.29 is 4.74 Å². The van der Waals surface area contributed by atoms with Crippen LogP contribution in [0.3, 0.4) is 0 Å². The molecule has 92 valence electrons. The minimum Gasteiger partial charge on any atom is -0.374 e. The smallest absolute Gasteiger partial charge is 0.0668 e. The van der Waals surface area contributed by atoms with Gasteiger partial charge in [-0.3, -0.25) is 0 Å². The standard InChI is InChI=1S/C13H23NOS/c1-6-14-12(8-15-13(3,4)5)11-7-10(2)16-9-11/h7,9,12,14H,6,8H2,1-5H3. The van der Waals surface area contributed by atoms with Crippen LogP contribution in [0.2, 0.25) is 0 Å². The molecule has 0 aliphatic carbocycles. The van der Waals surface area contributed by atoms with Crippen LogP contribution in [0, 0.1) is 6.92 Å². The molecule has 0 amide bonds. The zero-order chi connectivity index (χ0) is 12.2. The van der Waals surface area contributed by atoms with Crippen LogP contribution in [0.1, 0.15) is 44.2 Å². The van der Waals surface area contributed by atoms with E-state index >= 15 is 0 Å². The van der Waals surface area contributed by atoms with Gasteiger partial charge in [0.05, 0.1) is 18.2 Å². The van der Waals surface area contributed by atoms with Crippen LogP contribution < -0.4 is 5.32 Å². The molecule has 1 unspecified atom stereocenters. The summed E-state index contributed by atoms with van der Waals surface area (Å²) in [5.41, 5.74) is 1.27. The molecule has 0 fully saturated rings. The Morgan fingerprint density at radius 1 is 1.44 bits per heavy atom. The second kappa shape index (κ2) is 5.80. The summed E-state index contributed by atoms with van der Waals surface area (Å²) in [6.07, 6.45) is 0. The van der Waals surface area contributed by atoms with Crippen LogP contribution >= 0.6 is 11.3 Å². The minimum atomic E-state index is -0.0707. The van der Waals surface area contributed by atoms with E-state index in [-0.39, 0.29) is 5.60 Å². The van der Waals surface area contributed by atoms with Gasteiger partial charge >= 0.3 is 0 Å². The third kappa shape index (κ3) is 4.64. The molecule has 1 N–H and O–H groups in total. The van der Waals surface area contributed by atoms with Crippen molar-refractivity contribution in [1.82, 2.24) is 5.32 Å². The minimum absolute atomic E-state index is 0.0707. The fraction of sp³-hybridized carbons (Fsp3) is 0.692. The van der Waals surface area contributed by atoms with E-state index in [4.69, 9.17) is 4.74 Å². The van der Waals surface area contributed by atoms with Crippen molar-refractivity contribution in [1.29, 1.82) is 0 Å². The molecular weight excluding hydrogens is 218 g/mol. The van der Waals surface area contributed by atoms with E-state index in [2.05, 4.69) is 51.4 Å². The second-order valence-electron chi connectivity index (χ2n) is 5.02. The molecule has 0 bridgehead atoms. The second-order valence-corrected chi connectivity index (χ2v) is 6.14. The van der Waals surface area contributed by atoms with E-state index in [0.717, 1.165) is 13.2 Å². The number of hydrogen-bond donors (Lipinski definition) is 1. The Balaban J connectivity index is 2.61. The first kappa shape index (κ1) is 13.7. The van der Waals surface area contributed by atoms with Gasteiger partial charge in [-0.25, -0.2) is 0 Å². The van der Waals surface area contributed by atoms with Crippen LogP contribution in [0.4, 0.5) is 0 Å². The van der Waals surface area contributed by atoms with Gasteiger partial charge in [0.25, 0.3) is 0 Å². The Hall–Kier alpha value is -0.380. The van der Waals surface area contributed by atoms with Gasteiger partial charge in [0.2, 0.25) is 0 Å². The third-order valence-corrected chi connectivity index (χ3v) is 3.17. The SMILES string of the molecule is CCNC(COC(C)(C)C)c1csc(C)c1. The number of aryl methyl sites for hydroxylation is 1. The number of hydrogen-bond acceptors (Lipinski definition) is 3. The maximum Gasteiger partial charge on any atom is 0.0668 e. The van der Waals surface area contributed by atoms with Crippen LogP contribution in [0.5, 0.6) is 0 Å². The Morgan fingerprint density at radius 2 is 2.12 bits per heavy atom. The van der Waals surface area contributed by atoms with Crippen LogP contribution in [-0.2, 0) is 4.74 Å². The number of likely N-dealkylation sites (N-methyl/N-ethyl adjacent to an activating group) is 1. The van der Waals surface area contributed by atoms with Crippen molar-refractivity contribution in [2.75, 3.05) is 13.2 Å². The highest BCUT2D eigenvalue weighted by Gasteiger charge is 2.16. The molecule has 3 heteroatoms. The molecule has 0 saturated carbocycles. The molecule has 0 spiro atoms. The fourth-order valence-electron chi connectivity index (χ4n) is 1.50. The first-order valence-corrected chi connectivity index (χ1v) is 6.72. The van der Waals surface area contributed by atoms with Crippen molar-refractivity contribution in [3.05, 3.63) is 21.9 Å². The maximum atomic E-state index is 5.85. The molecule has 1 rings (SSSR count). The van der Waals surface area contributed by atoms with Gasteiger partial charge in [0.15, 0.2) is 0 Å². The van der Waals surface area contributed by atoms with Crippen molar-refractivity contribution in [3.8, 4) is 0 Å². The molecule has 0 radical (unpaired) electrons. The molecule has 1 aromatic heterocycles. The number of thiophene rings is 1. The lowest BCUT2D eigenvalue weighted by molar-refractivity contribution is -0.0145. The number of ether oxygens (including phenoxy) is 1. The van der Waals surface area contributed by atoms with Crippen LogP contribution in [0.15, 0.2) is 11.4 Å². The summed E-state index contributed by atoms with van der Waals surface area (Å²) in [4.78, 5) is 1.36. The summed E-state index contributed by atoms with van der Waals surface area (Å²) in [5, 5.41) is 5.68. The van der Waals surface area contributed by atoms with Crippen molar-refractivity contribution in [2.45, 2.75) is 46.3 Å². The van der Waals surface area contributed by atoms with Gasteiger partial charge in [0, 0.05) is 4.88 Å². The van der Waals surface area contributed by atoms with Gasteiger partial charge in [-0.1, -0.05) is 6.92 Å². The highest BCUT2D eigenvalue weighted by Crippen LogP contribution is 2.22. The van der Waals surface area contributed by atoms with Gasteiger partial charge < -0.3 is 10.1 Å². The Bertz CT molecular complexity index is 314. The first-order valence-electron chi connectivity index (χ1n) is 5.84. The lowest BCUT2D eigenvalue weighted by atomic mass is 10.1. The first-order chi connectivity index (χ1) is 7.42. The topological polar surface area (TPSA) is 21.3 Å². The summed E-state index contributed by atoms with van der Waals surface area (Å²) in [6, 6.07) is 2.55. The zero-order valence-electron chi connectivity index (χ0n) is 11.0. The lowest BCUT2D eigenvalue weighted by Crippen LogP contribution is -2.30. The van der Waals surface area contributed by atoms with Crippen LogP contribution in [0.25, 0.3) is 0 Å². The predicted molar refractivity (Wildman–Crippen MR) is 71.2 cm³/mol. The summed E-state index contributed by atoms with van der Waals surface area (Å²) in [6.45, 7) is 12.2. The monoisotopic (exact) mass is 241 g/mol. The van der Waals surface area contributed by atoms with Gasteiger partial charge in [-0.05, 0) is 51.2 Å². The Kier molecular flexibility index (Phi) is 4.96. The summed E-state index contributed by atoms with van der Waals surface area (Å²) in [7, 11) is 0. The van der Waals surface area contributed by atoms with E-state index < -0.39 is 0 Å². The number of nitrogens with one attached hydrogen (secondary N) is 1. The van der Waals surface area contributed by atoms with E-state index in [1.165, 1.54) is 10.4 Å². The van der Waals surface area contributed by atoms with Crippen LogP contribution in [-0.4, -0.2) is 18.8 Å². The van der Waals surface area contributed by atoms with Gasteiger partial charge in [-0.2, -0.15) is 0 Å². The molecule has 0 aromatic carbocycles. The average molecular weight is 241 g/mol.